The van der Waals surface area contributed by atoms with Crippen molar-refractivity contribution in [3.63, 3.8) is 0 Å². The average Bonchev–Trinajstić information content (AvgIpc) is 3.27. The average molecular weight is 919 g/mol. The quantitative estimate of drug-likeness (QED) is 0.0804. The largest absolute Gasteiger partial charge is 0.508 e. The Balaban J connectivity index is 1.20. The highest BCUT2D eigenvalue weighted by Crippen LogP contribution is 2.39. The van der Waals surface area contributed by atoms with E-state index in [0.717, 1.165) is 12.1 Å². The number of aromatic hydroxyl groups is 2. The van der Waals surface area contributed by atoms with Crippen LogP contribution in [0, 0.1) is 0 Å². The number of phenolic OH excluding ortho intramolecular Hbond substituents is 2. The zero-order valence-electron chi connectivity index (χ0n) is 33.4. The summed E-state index contributed by atoms with van der Waals surface area (Å²) in [5.74, 6) is -2.59. The van der Waals surface area contributed by atoms with E-state index in [1.54, 1.807) is 0 Å². The summed E-state index contributed by atoms with van der Waals surface area (Å²) >= 11 is 0. The summed E-state index contributed by atoms with van der Waals surface area (Å²) in [6.45, 7) is -0.969. The van der Waals surface area contributed by atoms with E-state index in [1.807, 2.05) is 0 Å². The van der Waals surface area contributed by atoms with Crippen molar-refractivity contribution in [1.29, 1.82) is 0 Å². The first-order chi connectivity index (χ1) is 30.3. The second-order valence-corrected chi connectivity index (χ2v) is 15.7. The van der Waals surface area contributed by atoms with Gasteiger partial charge in [0.15, 0.2) is 24.4 Å². The molecule has 15 N–H and O–H groups in total. The van der Waals surface area contributed by atoms with Gasteiger partial charge in [0.05, 0.1) is 25.9 Å². The van der Waals surface area contributed by atoms with E-state index in [-0.39, 0.29) is 17.1 Å². The summed E-state index contributed by atoms with van der Waals surface area (Å²) in [6.07, 6.45) is -34.8. The topological polar surface area (TPSA) is 408 Å². The number of hydrogen-bond donors (Lipinski definition) is 15. The standard InChI is InChI=1S/C39H50O25/c1-11-21(44)26(49)30(53)36(57-11)56-10-19-24(47)28(51)32(55)38(62-19)63-34-25(48)20-15(43)6-14(7-16(20)59-33(34)12-2-4-13(42)5-3-12)58-39-35(29(52)23(46)18(9-41)61-39)64-37-31(54)27(50)22(45)17(8-40)60-37/h2-7,11,17-19,21-24,26-32,35-47,49-55H,8-10H2,1H3/t11?,17?,18?,19?,21-,22+,23+,24+,26-,27-,28?,29-,30?,31?,32?,35?,36+,37-,38-,39+/m0/s1. The van der Waals surface area contributed by atoms with Crippen molar-refractivity contribution in [3.8, 4) is 34.3 Å². The highest BCUT2D eigenvalue weighted by molar-refractivity contribution is 5.88. The molecule has 0 saturated carbocycles. The number of aliphatic hydroxyl groups excluding tert-OH is 13. The molecule has 5 heterocycles. The molecule has 4 fully saturated rings. The molecule has 25 nitrogen and oxygen atoms in total. The summed E-state index contributed by atoms with van der Waals surface area (Å²) in [7, 11) is 0. The molecule has 3 aromatic rings. The van der Waals surface area contributed by atoms with Crippen molar-refractivity contribution in [2.45, 2.75) is 130 Å². The minimum Gasteiger partial charge on any atom is -0.508 e. The lowest BCUT2D eigenvalue weighted by atomic mass is 9.97. The molecule has 4 aliphatic heterocycles. The Morgan fingerprint density at radius 1 is 0.578 bits per heavy atom. The van der Waals surface area contributed by atoms with Gasteiger partial charge in [0.25, 0.3) is 0 Å². The number of rotatable bonds is 12. The number of phenols is 2. The Hall–Kier alpha value is -3.91. The van der Waals surface area contributed by atoms with E-state index in [0.29, 0.717) is 0 Å². The minimum atomic E-state index is -2.06. The molecular weight excluding hydrogens is 868 g/mol. The van der Waals surface area contributed by atoms with Crippen LogP contribution in [0.4, 0.5) is 0 Å². The molecule has 356 valence electrons. The minimum absolute atomic E-state index is 0.0492. The van der Waals surface area contributed by atoms with Crippen molar-refractivity contribution in [3.05, 3.63) is 46.6 Å². The van der Waals surface area contributed by atoms with Gasteiger partial charge < -0.3 is 119 Å². The van der Waals surface area contributed by atoms with Gasteiger partial charge in [-0.1, -0.05) is 0 Å². The molecule has 1 aromatic heterocycles. The van der Waals surface area contributed by atoms with Crippen LogP contribution in [0.2, 0.25) is 0 Å². The Morgan fingerprint density at radius 2 is 1.12 bits per heavy atom. The molecule has 0 radical (unpaired) electrons. The van der Waals surface area contributed by atoms with Crippen molar-refractivity contribution < 1.29 is 119 Å². The Labute approximate surface area is 360 Å². The van der Waals surface area contributed by atoms with Gasteiger partial charge in [-0.05, 0) is 31.2 Å². The molecule has 0 amide bonds. The SMILES string of the molecule is CC1O[C@@H](OCC2O[C@@H](Oc3c(-c4ccc(O)cc4)oc4cc(O[C@@H]5OC(CO)[C@@H](O)[C@H](O)C5O[C@@H]5OC(CO)[C@@H](O)[C@H](O)C5O)cc(O)c4c3=O)C(O)C(O)[C@@H]2O)C(O)[C@@H](O)[C@H]1O. The lowest BCUT2D eigenvalue weighted by Crippen LogP contribution is -2.65. The Bertz CT molecular complexity index is 2100. The van der Waals surface area contributed by atoms with Crippen LogP contribution in [0.1, 0.15) is 6.92 Å². The Kier molecular flexibility index (Phi) is 14.6. The zero-order chi connectivity index (χ0) is 46.5. The van der Waals surface area contributed by atoms with Crippen LogP contribution in [0.15, 0.2) is 45.6 Å². The smallest absolute Gasteiger partial charge is 0.239 e. The molecule has 9 unspecified atom stereocenters. The van der Waals surface area contributed by atoms with Crippen LogP contribution < -0.4 is 14.9 Å². The number of hydrogen-bond acceptors (Lipinski definition) is 25. The van der Waals surface area contributed by atoms with Crippen molar-refractivity contribution in [2.24, 2.45) is 0 Å². The maximum atomic E-state index is 14.3. The van der Waals surface area contributed by atoms with Crippen molar-refractivity contribution >= 4 is 11.0 Å². The van der Waals surface area contributed by atoms with Crippen molar-refractivity contribution in [2.75, 3.05) is 19.8 Å². The van der Waals surface area contributed by atoms with Gasteiger partial charge in [-0.15, -0.1) is 0 Å². The molecule has 4 saturated heterocycles. The second kappa shape index (κ2) is 19.5. The fraction of sp³-hybridized carbons (Fsp3) is 0.615. The molecule has 0 spiro atoms. The summed E-state index contributed by atoms with van der Waals surface area (Å²) < 4.78 is 51.2. The summed E-state index contributed by atoms with van der Waals surface area (Å²) in [5, 5.41) is 156. The summed E-state index contributed by atoms with van der Waals surface area (Å²) in [6, 6.07) is 6.94. The molecule has 20 atom stereocenters. The third-order valence-corrected chi connectivity index (χ3v) is 11.4. The van der Waals surface area contributed by atoms with E-state index in [9.17, 15) is 81.4 Å². The third-order valence-electron chi connectivity index (χ3n) is 11.4. The van der Waals surface area contributed by atoms with Gasteiger partial charge in [-0.25, -0.2) is 0 Å². The van der Waals surface area contributed by atoms with Gasteiger partial charge in [0.1, 0.15) is 114 Å². The molecule has 2 aromatic carbocycles. The van der Waals surface area contributed by atoms with Crippen LogP contribution in [0.25, 0.3) is 22.3 Å². The van der Waals surface area contributed by atoms with E-state index in [4.69, 9.17) is 42.3 Å². The highest BCUT2D eigenvalue weighted by Gasteiger charge is 2.52. The van der Waals surface area contributed by atoms with Crippen LogP contribution in [-0.2, 0) is 28.4 Å². The van der Waals surface area contributed by atoms with Gasteiger partial charge in [-0.2, -0.15) is 0 Å². The second-order valence-electron chi connectivity index (χ2n) is 15.7. The summed E-state index contributed by atoms with van der Waals surface area (Å²) in [4.78, 5) is 14.3. The lowest BCUT2D eigenvalue weighted by Gasteiger charge is -2.45. The van der Waals surface area contributed by atoms with Gasteiger partial charge in [0, 0.05) is 17.7 Å². The van der Waals surface area contributed by atoms with Gasteiger partial charge in [0.2, 0.25) is 23.8 Å². The van der Waals surface area contributed by atoms with Crippen LogP contribution in [0.5, 0.6) is 23.0 Å². The first kappa shape index (κ1) is 48.0. The fourth-order valence-corrected chi connectivity index (χ4v) is 7.61. The predicted molar refractivity (Wildman–Crippen MR) is 204 cm³/mol. The highest BCUT2D eigenvalue weighted by atomic mass is 16.8. The van der Waals surface area contributed by atoms with Crippen LogP contribution >= 0.6 is 0 Å². The molecule has 4 aliphatic rings. The predicted octanol–water partition coefficient (Wildman–Crippen LogP) is -6.10. The van der Waals surface area contributed by atoms with Crippen LogP contribution in [-0.4, -0.2) is 219 Å². The van der Waals surface area contributed by atoms with Crippen molar-refractivity contribution in [1.82, 2.24) is 0 Å². The monoisotopic (exact) mass is 918 g/mol. The lowest BCUT2D eigenvalue weighted by molar-refractivity contribution is -0.357. The molecule has 7 rings (SSSR count). The van der Waals surface area contributed by atoms with Crippen LogP contribution in [0.3, 0.4) is 0 Å². The first-order valence-electron chi connectivity index (χ1n) is 19.9. The fourth-order valence-electron chi connectivity index (χ4n) is 7.61. The maximum absolute atomic E-state index is 14.3. The molecular formula is C39H50O25. The van der Waals surface area contributed by atoms with Gasteiger partial charge >= 0.3 is 0 Å². The first-order valence-corrected chi connectivity index (χ1v) is 19.9. The molecule has 25 heteroatoms. The number of fused-ring (bicyclic) bond motifs is 1. The van der Waals surface area contributed by atoms with E-state index in [2.05, 4.69) is 0 Å². The molecule has 64 heavy (non-hydrogen) atoms. The number of aliphatic hydroxyl groups is 13. The van der Waals surface area contributed by atoms with E-state index >= 15 is 0 Å². The zero-order valence-corrected chi connectivity index (χ0v) is 33.4. The summed E-state index contributed by atoms with van der Waals surface area (Å²) in [5.41, 5.74) is -1.49. The maximum Gasteiger partial charge on any atom is 0.239 e. The van der Waals surface area contributed by atoms with E-state index in [1.165, 1.54) is 31.2 Å². The number of ether oxygens (including phenoxy) is 8. The number of benzene rings is 2. The molecule has 0 bridgehead atoms. The Morgan fingerprint density at radius 3 is 1.77 bits per heavy atom. The van der Waals surface area contributed by atoms with Gasteiger partial charge in [-0.3, -0.25) is 4.79 Å². The third kappa shape index (κ3) is 9.25. The van der Waals surface area contributed by atoms with E-state index < -0.39 is 176 Å². The normalized spacial score (nSPS) is 40.6. The molecule has 0 aliphatic carbocycles.